The lowest BCUT2D eigenvalue weighted by Crippen LogP contribution is -2.09. The fourth-order valence-electron chi connectivity index (χ4n) is 1.18. The molecule has 0 aromatic carbocycles. The highest BCUT2D eigenvalue weighted by atomic mass is 79.9. The number of esters is 1. The Morgan fingerprint density at radius 1 is 1.67 bits per heavy atom. The molecule has 0 saturated carbocycles. The number of nitro groups is 1. The van der Waals surface area contributed by atoms with Gasteiger partial charge in [0.25, 0.3) is 12.1 Å². The van der Waals surface area contributed by atoms with Gasteiger partial charge in [-0.25, -0.2) is 13.8 Å². The molecule has 0 spiro atoms. The van der Waals surface area contributed by atoms with Gasteiger partial charge in [0, 0.05) is 6.07 Å². The standard InChI is InChI=1S/C9H7BrF2N2O4/c1-18-6(15)3-4-2-5(14(16)17)7(10)8(13-4)9(11)12/h2,9H,3H2,1H3. The van der Waals surface area contributed by atoms with Crippen molar-refractivity contribution >= 4 is 27.6 Å². The molecule has 0 bridgehead atoms. The van der Waals surface area contributed by atoms with Crippen molar-refractivity contribution < 1.29 is 23.2 Å². The minimum atomic E-state index is -2.99. The number of aromatic nitrogens is 1. The molecule has 6 nitrogen and oxygen atoms in total. The Bertz CT molecular complexity index is 496. The van der Waals surface area contributed by atoms with Crippen molar-refractivity contribution in [3.8, 4) is 0 Å². The van der Waals surface area contributed by atoms with Crippen molar-refractivity contribution in [2.45, 2.75) is 12.8 Å². The SMILES string of the molecule is COC(=O)Cc1cc([N+](=O)[O-])c(Br)c(C(F)F)n1. The number of nitrogens with zero attached hydrogens (tertiary/aromatic N) is 2. The van der Waals surface area contributed by atoms with Gasteiger partial charge in [0.2, 0.25) is 0 Å². The molecule has 0 saturated heterocycles. The maximum atomic E-state index is 12.6. The molecule has 9 heteroatoms. The lowest BCUT2D eigenvalue weighted by Gasteiger charge is -2.06. The van der Waals surface area contributed by atoms with Gasteiger partial charge in [-0.15, -0.1) is 0 Å². The highest BCUT2D eigenvalue weighted by Gasteiger charge is 2.25. The predicted molar refractivity (Wildman–Crippen MR) is 59.3 cm³/mol. The van der Waals surface area contributed by atoms with Gasteiger partial charge in [-0.1, -0.05) is 0 Å². The number of halogens is 3. The van der Waals surface area contributed by atoms with E-state index >= 15 is 0 Å². The zero-order chi connectivity index (χ0) is 13.9. The second-order valence-corrected chi connectivity index (χ2v) is 3.94. The van der Waals surface area contributed by atoms with Gasteiger partial charge in [-0.3, -0.25) is 14.9 Å². The summed E-state index contributed by atoms with van der Waals surface area (Å²) in [6.45, 7) is 0. The summed E-state index contributed by atoms with van der Waals surface area (Å²) < 4.78 is 29.2. The number of pyridine rings is 1. The third-order valence-corrected chi connectivity index (χ3v) is 2.79. The van der Waals surface area contributed by atoms with Crippen LogP contribution in [-0.2, 0) is 16.0 Å². The normalized spacial score (nSPS) is 10.5. The van der Waals surface area contributed by atoms with Crippen molar-refractivity contribution in [1.82, 2.24) is 4.98 Å². The summed E-state index contributed by atoms with van der Waals surface area (Å²) in [6, 6.07) is 0.951. The number of carbonyl (C=O) groups is 1. The minimum Gasteiger partial charge on any atom is -0.469 e. The monoisotopic (exact) mass is 324 g/mol. The fraction of sp³-hybridized carbons (Fsp3) is 0.333. The van der Waals surface area contributed by atoms with Crippen molar-refractivity contribution in [1.29, 1.82) is 0 Å². The summed E-state index contributed by atoms with van der Waals surface area (Å²) in [7, 11) is 1.11. The molecule has 0 aliphatic heterocycles. The largest absolute Gasteiger partial charge is 0.469 e. The van der Waals surface area contributed by atoms with Crippen LogP contribution in [0.1, 0.15) is 17.8 Å². The van der Waals surface area contributed by atoms with Gasteiger partial charge < -0.3 is 4.74 Å². The molecular weight excluding hydrogens is 318 g/mol. The zero-order valence-corrected chi connectivity index (χ0v) is 10.6. The second kappa shape index (κ2) is 5.80. The Kier molecular flexibility index (Phi) is 4.65. The first-order chi connectivity index (χ1) is 8.36. The maximum absolute atomic E-state index is 12.6. The first-order valence-corrected chi connectivity index (χ1v) is 5.34. The summed E-state index contributed by atoms with van der Waals surface area (Å²) in [5.74, 6) is -0.723. The summed E-state index contributed by atoms with van der Waals surface area (Å²) >= 11 is 2.70. The molecule has 18 heavy (non-hydrogen) atoms. The van der Waals surface area contributed by atoms with Gasteiger partial charge in [0.1, 0.15) is 10.2 Å². The fourth-order valence-corrected chi connectivity index (χ4v) is 1.70. The molecule has 1 aromatic heterocycles. The lowest BCUT2D eigenvalue weighted by molar-refractivity contribution is -0.385. The predicted octanol–water partition coefficient (Wildman–Crippen LogP) is 2.41. The van der Waals surface area contributed by atoms with E-state index in [0.29, 0.717) is 0 Å². The van der Waals surface area contributed by atoms with Crippen LogP contribution in [-0.4, -0.2) is 23.0 Å². The quantitative estimate of drug-likeness (QED) is 0.482. The lowest BCUT2D eigenvalue weighted by atomic mass is 10.2. The van der Waals surface area contributed by atoms with Crippen LogP contribution in [0.3, 0.4) is 0 Å². The van der Waals surface area contributed by atoms with Crippen LogP contribution in [0.4, 0.5) is 14.5 Å². The summed E-state index contributed by atoms with van der Waals surface area (Å²) in [5, 5.41) is 10.7. The van der Waals surface area contributed by atoms with E-state index in [4.69, 9.17) is 0 Å². The van der Waals surface area contributed by atoms with Crippen LogP contribution in [0.2, 0.25) is 0 Å². The van der Waals surface area contributed by atoms with Crippen LogP contribution < -0.4 is 0 Å². The summed E-state index contributed by atoms with van der Waals surface area (Å²) in [4.78, 5) is 24.4. The molecule has 98 valence electrons. The molecule has 0 amide bonds. The average molecular weight is 325 g/mol. The highest BCUT2D eigenvalue weighted by Crippen LogP contribution is 2.33. The van der Waals surface area contributed by atoms with Gasteiger partial charge >= 0.3 is 5.97 Å². The van der Waals surface area contributed by atoms with Crippen molar-refractivity contribution in [2.75, 3.05) is 7.11 Å². The number of rotatable bonds is 4. The van der Waals surface area contributed by atoms with E-state index in [1.807, 2.05) is 0 Å². The Hall–Kier alpha value is -1.64. The van der Waals surface area contributed by atoms with Crippen LogP contribution in [0.5, 0.6) is 0 Å². The summed E-state index contributed by atoms with van der Waals surface area (Å²) in [5.41, 5.74) is -1.49. The first kappa shape index (κ1) is 14.4. The number of hydrogen-bond donors (Lipinski definition) is 0. The Morgan fingerprint density at radius 3 is 2.72 bits per heavy atom. The maximum Gasteiger partial charge on any atom is 0.311 e. The van der Waals surface area contributed by atoms with Crippen molar-refractivity contribution in [2.24, 2.45) is 0 Å². The highest BCUT2D eigenvalue weighted by molar-refractivity contribution is 9.10. The van der Waals surface area contributed by atoms with Crippen molar-refractivity contribution in [3.63, 3.8) is 0 Å². The molecular formula is C9H7BrF2N2O4. The van der Waals surface area contributed by atoms with E-state index < -0.39 is 39.6 Å². The average Bonchev–Trinajstić information content (AvgIpc) is 2.30. The van der Waals surface area contributed by atoms with E-state index in [-0.39, 0.29) is 5.69 Å². The number of methoxy groups -OCH3 is 1. The van der Waals surface area contributed by atoms with Gasteiger partial charge in [0.05, 0.1) is 24.1 Å². The van der Waals surface area contributed by atoms with Crippen LogP contribution in [0.25, 0.3) is 0 Å². The number of ether oxygens (including phenoxy) is 1. The molecule has 0 N–H and O–H groups in total. The van der Waals surface area contributed by atoms with E-state index in [1.165, 1.54) is 0 Å². The second-order valence-electron chi connectivity index (χ2n) is 3.14. The van der Waals surface area contributed by atoms with Crippen LogP contribution in [0.15, 0.2) is 10.5 Å². The Labute approximate surface area is 108 Å². The third kappa shape index (κ3) is 3.19. The van der Waals surface area contributed by atoms with Gasteiger partial charge in [-0.2, -0.15) is 0 Å². The van der Waals surface area contributed by atoms with Crippen LogP contribution in [0, 0.1) is 10.1 Å². The number of carbonyl (C=O) groups excluding carboxylic acids is 1. The molecule has 1 aromatic rings. The first-order valence-electron chi connectivity index (χ1n) is 4.55. The van der Waals surface area contributed by atoms with Crippen LogP contribution >= 0.6 is 15.9 Å². The molecule has 0 radical (unpaired) electrons. The number of alkyl halides is 2. The van der Waals surface area contributed by atoms with Gasteiger partial charge in [-0.05, 0) is 15.9 Å². The third-order valence-electron chi connectivity index (χ3n) is 1.97. The molecule has 0 aliphatic carbocycles. The molecule has 0 aliphatic rings. The van der Waals surface area contributed by atoms with E-state index in [9.17, 15) is 23.7 Å². The Balaban J connectivity index is 3.29. The molecule has 0 fully saturated rings. The smallest absolute Gasteiger partial charge is 0.311 e. The zero-order valence-electron chi connectivity index (χ0n) is 9.02. The summed E-state index contributed by atoms with van der Waals surface area (Å²) in [6.07, 6.45) is -3.40. The van der Waals surface area contributed by atoms with E-state index in [1.54, 1.807) is 0 Å². The molecule has 0 atom stereocenters. The Morgan fingerprint density at radius 2 is 2.28 bits per heavy atom. The molecule has 1 rings (SSSR count). The van der Waals surface area contributed by atoms with E-state index in [0.717, 1.165) is 13.2 Å². The van der Waals surface area contributed by atoms with E-state index in [2.05, 4.69) is 25.7 Å². The minimum absolute atomic E-state index is 0.146. The van der Waals surface area contributed by atoms with Gasteiger partial charge in [0.15, 0.2) is 0 Å². The topological polar surface area (TPSA) is 82.3 Å². The molecule has 0 unspecified atom stereocenters. The number of hydrogen-bond acceptors (Lipinski definition) is 5. The molecule has 1 heterocycles. The van der Waals surface area contributed by atoms with Crippen molar-refractivity contribution in [3.05, 3.63) is 32.0 Å².